The number of amides is 1. The highest BCUT2D eigenvalue weighted by Gasteiger charge is 2.19. The summed E-state index contributed by atoms with van der Waals surface area (Å²) < 4.78 is 0. The second kappa shape index (κ2) is 6.64. The van der Waals surface area contributed by atoms with Crippen molar-refractivity contribution < 1.29 is 4.79 Å². The summed E-state index contributed by atoms with van der Waals surface area (Å²) in [6.07, 6.45) is 6.77. The number of aromatic nitrogens is 2. The van der Waals surface area contributed by atoms with Gasteiger partial charge in [0, 0.05) is 36.1 Å². The highest BCUT2D eigenvalue weighted by molar-refractivity contribution is 5.97. The van der Waals surface area contributed by atoms with E-state index in [0.717, 1.165) is 34.6 Å². The van der Waals surface area contributed by atoms with Crippen molar-refractivity contribution in [2.75, 3.05) is 6.54 Å². The normalized spacial score (nSPS) is 13.7. The minimum absolute atomic E-state index is 0.00199. The summed E-state index contributed by atoms with van der Waals surface area (Å²) in [4.78, 5) is 19.8. The van der Waals surface area contributed by atoms with E-state index in [9.17, 15) is 4.79 Å². The zero-order valence-electron chi connectivity index (χ0n) is 15.0. The van der Waals surface area contributed by atoms with E-state index >= 15 is 0 Å². The number of hydrogen-bond donors (Lipinski definition) is 2. The van der Waals surface area contributed by atoms with Gasteiger partial charge in [0.25, 0.3) is 5.91 Å². The molecular formula is C22H21N3O. The van der Waals surface area contributed by atoms with Crippen LogP contribution in [-0.2, 0) is 6.42 Å². The van der Waals surface area contributed by atoms with E-state index in [1.807, 2.05) is 24.3 Å². The number of nitrogens with one attached hydrogen (secondary N) is 2. The molecule has 0 unspecified atom stereocenters. The third kappa shape index (κ3) is 3.06. The Morgan fingerprint density at radius 3 is 2.85 bits per heavy atom. The van der Waals surface area contributed by atoms with Crippen LogP contribution in [0.1, 0.15) is 38.4 Å². The summed E-state index contributed by atoms with van der Waals surface area (Å²) in [7, 11) is 0. The molecule has 0 saturated heterocycles. The fraction of sp³-hybridized carbons (Fsp3) is 0.182. The van der Waals surface area contributed by atoms with Gasteiger partial charge in [-0.05, 0) is 54.8 Å². The number of aryl methyl sites for hydroxylation is 1. The van der Waals surface area contributed by atoms with Crippen LogP contribution in [0.15, 0.2) is 42.6 Å². The summed E-state index contributed by atoms with van der Waals surface area (Å²) in [6, 6.07) is 12.2. The lowest BCUT2D eigenvalue weighted by Gasteiger charge is -2.10. The lowest BCUT2D eigenvalue weighted by Crippen LogP contribution is -2.31. The first kappa shape index (κ1) is 16.3. The molecule has 3 aromatic rings. The predicted octanol–water partition coefficient (Wildman–Crippen LogP) is 4.15. The summed E-state index contributed by atoms with van der Waals surface area (Å²) in [6.45, 7) is 4.94. The fourth-order valence-corrected chi connectivity index (χ4v) is 3.29. The van der Waals surface area contributed by atoms with Crippen LogP contribution < -0.4 is 5.32 Å². The number of rotatable bonds is 3. The molecule has 1 aliphatic heterocycles. The smallest absolute Gasteiger partial charge is 0.253 e. The van der Waals surface area contributed by atoms with Gasteiger partial charge in [0.1, 0.15) is 0 Å². The Balaban J connectivity index is 1.64. The SMILES string of the molecule is Cc1cccc(C=Cc2cc(-c3cc4c([nH]3)CCNC4=O)ccn2)c1C. The second-order valence-corrected chi connectivity index (χ2v) is 6.67. The molecule has 4 heteroatoms. The van der Waals surface area contributed by atoms with Crippen LogP contribution in [-0.4, -0.2) is 22.4 Å². The van der Waals surface area contributed by atoms with E-state index in [1.54, 1.807) is 6.20 Å². The fourth-order valence-electron chi connectivity index (χ4n) is 3.29. The summed E-state index contributed by atoms with van der Waals surface area (Å²) >= 11 is 0. The molecule has 0 spiro atoms. The van der Waals surface area contributed by atoms with Crippen LogP contribution in [0.3, 0.4) is 0 Å². The van der Waals surface area contributed by atoms with Gasteiger partial charge >= 0.3 is 0 Å². The molecule has 4 nitrogen and oxygen atoms in total. The Morgan fingerprint density at radius 1 is 1.12 bits per heavy atom. The molecule has 0 fully saturated rings. The summed E-state index contributed by atoms with van der Waals surface area (Å²) in [5.74, 6) is -0.00199. The van der Waals surface area contributed by atoms with Crippen molar-refractivity contribution in [3.05, 3.63) is 76.2 Å². The average molecular weight is 343 g/mol. The third-order valence-electron chi connectivity index (χ3n) is 4.98. The van der Waals surface area contributed by atoms with Gasteiger partial charge in [-0.2, -0.15) is 0 Å². The Labute approximate surface area is 153 Å². The number of aromatic amines is 1. The van der Waals surface area contributed by atoms with Crippen LogP contribution in [0.25, 0.3) is 23.4 Å². The van der Waals surface area contributed by atoms with Crippen LogP contribution in [0.4, 0.5) is 0 Å². The van der Waals surface area contributed by atoms with Gasteiger partial charge in [-0.15, -0.1) is 0 Å². The van der Waals surface area contributed by atoms with Crippen LogP contribution >= 0.6 is 0 Å². The quantitative estimate of drug-likeness (QED) is 0.750. The molecule has 1 amide bonds. The first-order valence-electron chi connectivity index (χ1n) is 8.82. The van der Waals surface area contributed by atoms with Crippen molar-refractivity contribution in [2.24, 2.45) is 0 Å². The van der Waals surface area contributed by atoms with Crippen molar-refractivity contribution in [3.8, 4) is 11.3 Å². The summed E-state index contributed by atoms with van der Waals surface area (Å²) in [5.41, 5.74) is 8.39. The van der Waals surface area contributed by atoms with E-state index in [0.29, 0.717) is 6.54 Å². The number of benzene rings is 1. The Morgan fingerprint density at radius 2 is 2.00 bits per heavy atom. The van der Waals surface area contributed by atoms with Crippen molar-refractivity contribution in [1.29, 1.82) is 0 Å². The predicted molar refractivity (Wildman–Crippen MR) is 105 cm³/mol. The van der Waals surface area contributed by atoms with Gasteiger partial charge < -0.3 is 10.3 Å². The van der Waals surface area contributed by atoms with Crippen molar-refractivity contribution in [3.63, 3.8) is 0 Å². The summed E-state index contributed by atoms with van der Waals surface area (Å²) in [5, 5.41) is 2.88. The van der Waals surface area contributed by atoms with Crippen molar-refractivity contribution in [1.82, 2.24) is 15.3 Å². The third-order valence-corrected chi connectivity index (χ3v) is 4.98. The van der Waals surface area contributed by atoms with Gasteiger partial charge in [-0.3, -0.25) is 9.78 Å². The van der Waals surface area contributed by atoms with E-state index in [4.69, 9.17) is 0 Å². The lowest BCUT2D eigenvalue weighted by molar-refractivity contribution is 0.0946. The highest BCUT2D eigenvalue weighted by atomic mass is 16.1. The number of carbonyl (C=O) groups excluding carboxylic acids is 1. The molecule has 4 rings (SSSR count). The lowest BCUT2D eigenvalue weighted by atomic mass is 10.0. The molecule has 2 N–H and O–H groups in total. The molecular weight excluding hydrogens is 322 g/mol. The molecule has 0 aliphatic carbocycles. The highest BCUT2D eigenvalue weighted by Crippen LogP contribution is 2.25. The molecule has 0 atom stereocenters. The first-order valence-corrected chi connectivity index (χ1v) is 8.82. The molecule has 0 radical (unpaired) electrons. The number of pyridine rings is 1. The number of carbonyl (C=O) groups is 1. The minimum Gasteiger partial charge on any atom is -0.358 e. The van der Waals surface area contributed by atoms with Gasteiger partial charge in [0.05, 0.1) is 11.3 Å². The molecule has 1 aliphatic rings. The van der Waals surface area contributed by atoms with Crippen LogP contribution in [0.2, 0.25) is 0 Å². The number of fused-ring (bicyclic) bond motifs is 1. The molecule has 3 heterocycles. The van der Waals surface area contributed by atoms with Gasteiger partial charge in [-0.1, -0.05) is 24.3 Å². The maximum atomic E-state index is 12.0. The van der Waals surface area contributed by atoms with E-state index in [2.05, 4.69) is 53.4 Å². The van der Waals surface area contributed by atoms with Crippen molar-refractivity contribution >= 4 is 18.1 Å². The Hall–Kier alpha value is -3.14. The number of nitrogens with zero attached hydrogens (tertiary/aromatic N) is 1. The zero-order valence-corrected chi connectivity index (χ0v) is 15.0. The molecule has 0 bridgehead atoms. The maximum Gasteiger partial charge on any atom is 0.253 e. The van der Waals surface area contributed by atoms with Gasteiger partial charge in [-0.25, -0.2) is 0 Å². The minimum atomic E-state index is -0.00199. The van der Waals surface area contributed by atoms with Crippen molar-refractivity contribution in [2.45, 2.75) is 20.3 Å². The topological polar surface area (TPSA) is 57.8 Å². The van der Waals surface area contributed by atoms with E-state index < -0.39 is 0 Å². The van der Waals surface area contributed by atoms with Gasteiger partial charge in [0.2, 0.25) is 0 Å². The van der Waals surface area contributed by atoms with Crippen LogP contribution in [0.5, 0.6) is 0 Å². The number of H-pyrrole nitrogens is 1. The van der Waals surface area contributed by atoms with Crippen LogP contribution in [0, 0.1) is 13.8 Å². The first-order chi connectivity index (χ1) is 12.6. The molecule has 0 saturated carbocycles. The largest absolute Gasteiger partial charge is 0.358 e. The monoisotopic (exact) mass is 343 g/mol. The molecule has 130 valence electrons. The number of hydrogen-bond acceptors (Lipinski definition) is 2. The maximum absolute atomic E-state index is 12.0. The van der Waals surface area contributed by atoms with E-state index in [-0.39, 0.29) is 5.91 Å². The standard InChI is InChI=1S/C22H21N3O/c1-14-4-3-5-16(15(14)2)6-7-18-12-17(8-10-23-18)21-13-19-20(25-21)9-11-24-22(19)26/h3-8,10,12-13,25H,9,11H2,1-2H3,(H,24,26). The Kier molecular flexibility index (Phi) is 4.17. The Bertz CT molecular complexity index is 1010. The van der Waals surface area contributed by atoms with E-state index in [1.165, 1.54) is 16.7 Å². The average Bonchev–Trinajstić information content (AvgIpc) is 3.09. The molecule has 2 aromatic heterocycles. The van der Waals surface area contributed by atoms with Gasteiger partial charge in [0.15, 0.2) is 0 Å². The zero-order chi connectivity index (χ0) is 18.1. The molecule has 26 heavy (non-hydrogen) atoms. The molecule has 1 aromatic carbocycles. The second-order valence-electron chi connectivity index (χ2n) is 6.67.